The average Bonchev–Trinajstić information content (AvgIpc) is 3.26. The Kier molecular flexibility index (Phi) is 5.29. The van der Waals surface area contributed by atoms with Gasteiger partial charge in [-0.3, -0.25) is 14.3 Å². The van der Waals surface area contributed by atoms with Crippen molar-refractivity contribution in [1.29, 1.82) is 0 Å². The number of nitrogens with two attached hydrogens (primary N) is 1. The maximum Gasteiger partial charge on any atom is 0.243 e. The minimum absolute atomic E-state index is 0.0587. The summed E-state index contributed by atoms with van der Waals surface area (Å²) >= 11 is 0. The molecule has 1 aromatic heterocycles. The van der Waals surface area contributed by atoms with Crippen molar-refractivity contribution in [3.05, 3.63) is 46.8 Å². The van der Waals surface area contributed by atoms with Crippen molar-refractivity contribution in [3.8, 4) is 0 Å². The summed E-state index contributed by atoms with van der Waals surface area (Å²) in [6.07, 6.45) is 2.17. The molecule has 4 rings (SSSR count). The first-order valence-electron chi connectivity index (χ1n) is 10.5. The van der Waals surface area contributed by atoms with E-state index in [1.807, 2.05) is 20.8 Å². The van der Waals surface area contributed by atoms with Gasteiger partial charge >= 0.3 is 0 Å². The number of carbonyl (C=O) groups excluding carboxylic acids is 2. The summed E-state index contributed by atoms with van der Waals surface area (Å²) in [4.78, 5) is 25.0. The number of rotatable bonds is 5. The van der Waals surface area contributed by atoms with E-state index in [1.54, 1.807) is 24.3 Å². The van der Waals surface area contributed by atoms with E-state index in [2.05, 4.69) is 5.10 Å². The lowest BCUT2D eigenvalue weighted by atomic mass is 9.75. The highest BCUT2D eigenvalue weighted by atomic mass is 32.2. The number of Topliss-reactive ketones (excluding diaryl/α,β-unsaturated/α-hetero) is 1. The normalized spacial score (nSPS) is 21.3. The Morgan fingerprint density at radius 2 is 1.90 bits per heavy atom. The standard InChI is InChI=1S/C22H28N4O4S/c1-14-6-8-15(9-7-14)31(29,30)26-10-4-5-16(26)21-20-17(25(24-21)13-19(23)28)11-22(2,3)12-18(20)27/h6-9,16H,4-5,10-13H2,1-3H3,(H2,23,28)/t16-/m0/s1. The molecular weight excluding hydrogens is 416 g/mol. The Labute approximate surface area is 182 Å². The number of sulfonamides is 1. The smallest absolute Gasteiger partial charge is 0.243 e. The van der Waals surface area contributed by atoms with Crippen LogP contribution in [0.25, 0.3) is 0 Å². The third-order valence-corrected chi connectivity index (χ3v) is 8.02. The van der Waals surface area contributed by atoms with E-state index in [1.165, 1.54) is 8.99 Å². The molecule has 1 aromatic carbocycles. The van der Waals surface area contributed by atoms with Crippen molar-refractivity contribution in [3.63, 3.8) is 0 Å². The predicted molar refractivity (Wildman–Crippen MR) is 115 cm³/mol. The molecule has 1 aliphatic carbocycles. The van der Waals surface area contributed by atoms with Gasteiger partial charge in [0.15, 0.2) is 5.78 Å². The third kappa shape index (κ3) is 3.92. The van der Waals surface area contributed by atoms with Crippen molar-refractivity contribution in [1.82, 2.24) is 14.1 Å². The third-order valence-electron chi connectivity index (χ3n) is 6.10. The fourth-order valence-electron chi connectivity index (χ4n) is 4.70. The second kappa shape index (κ2) is 7.56. The monoisotopic (exact) mass is 444 g/mol. The van der Waals surface area contributed by atoms with Gasteiger partial charge in [0.05, 0.1) is 27.9 Å². The van der Waals surface area contributed by atoms with Crippen LogP contribution in [0.1, 0.15) is 66.5 Å². The van der Waals surface area contributed by atoms with E-state index in [0.29, 0.717) is 49.2 Å². The average molecular weight is 445 g/mol. The van der Waals surface area contributed by atoms with Crippen LogP contribution in [-0.2, 0) is 27.8 Å². The van der Waals surface area contributed by atoms with E-state index in [0.717, 1.165) is 5.56 Å². The van der Waals surface area contributed by atoms with Gasteiger partial charge in [-0.05, 0) is 43.7 Å². The Morgan fingerprint density at radius 1 is 1.23 bits per heavy atom. The maximum atomic E-state index is 13.4. The first kappa shape index (κ1) is 21.7. The Morgan fingerprint density at radius 3 is 2.55 bits per heavy atom. The fourth-order valence-corrected chi connectivity index (χ4v) is 6.36. The molecule has 1 fully saturated rings. The molecular formula is C22H28N4O4S. The molecule has 166 valence electrons. The number of benzene rings is 1. The lowest BCUT2D eigenvalue weighted by Gasteiger charge is -2.30. The van der Waals surface area contributed by atoms with Crippen LogP contribution in [0.4, 0.5) is 0 Å². The Bertz CT molecular complexity index is 1150. The zero-order chi connectivity index (χ0) is 22.6. The van der Waals surface area contributed by atoms with Gasteiger partial charge < -0.3 is 5.73 Å². The molecule has 0 unspecified atom stereocenters. The van der Waals surface area contributed by atoms with Crippen LogP contribution in [0.5, 0.6) is 0 Å². The summed E-state index contributed by atoms with van der Waals surface area (Å²) in [5.74, 6) is -0.611. The van der Waals surface area contributed by atoms with Crippen LogP contribution in [0.2, 0.25) is 0 Å². The second-order valence-corrected chi connectivity index (χ2v) is 11.2. The Balaban J connectivity index is 1.80. The van der Waals surface area contributed by atoms with Crippen LogP contribution >= 0.6 is 0 Å². The number of hydrogen-bond donors (Lipinski definition) is 1. The second-order valence-electron chi connectivity index (χ2n) is 9.36. The minimum Gasteiger partial charge on any atom is -0.368 e. The van der Waals surface area contributed by atoms with E-state index < -0.39 is 22.0 Å². The highest BCUT2D eigenvalue weighted by molar-refractivity contribution is 7.89. The number of nitrogens with zero attached hydrogens (tertiary/aromatic N) is 3. The maximum absolute atomic E-state index is 13.4. The van der Waals surface area contributed by atoms with Crippen LogP contribution in [0, 0.1) is 12.3 Å². The summed E-state index contributed by atoms with van der Waals surface area (Å²) in [7, 11) is -3.75. The van der Waals surface area contributed by atoms with E-state index in [4.69, 9.17) is 5.73 Å². The van der Waals surface area contributed by atoms with E-state index >= 15 is 0 Å². The fraction of sp³-hybridized carbons (Fsp3) is 0.500. The molecule has 1 aliphatic heterocycles. The van der Waals surface area contributed by atoms with Gasteiger partial charge in [-0.15, -0.1) is 0 Å². The molecule has 2 heterocycles. The molecule has 31 heavy (non-hydrogen) atoms. The van der Waals surface area contributed by atoms with Gasteiger partial charge in [-0.25, -0.2) is 8.42 Å². The van der Waals surface area contributed by atoms with Gasteiger partial charge in [0, 0.05) is 13.0 Å². The van der Waals surface area contributed by atoms with Crippen molar-refractivity contribution >= 4 is 21.7 Å². The van der Waals surface area contributed by atoms with Gasteiger partial charge in [0.2, 0.25) is 15.9 Å². The minimum atomic E-state index is -3.75. The first-order chi connectivity index (χ1) is 14.5. The summed E-state index contributed by atoms with van der Waals surface area (Å²) in [5, 5.41) is 4.59. The number of hydrogen-bond acceptors (Lipinski definition) is 5. The lowest BCUT2D eigenvalue weighted by molar-refractivity contribution is -0.118. The van der Waals surface area contributed by atoms with Gasteiger partial charge in [-0.2, -0.15) is 9.40 Å². The van der Waals surface area contributed by atoms with Crippen molar-refractivity contribution < 1.29 is 18.0 Å². The van der Waals surface area contributed by atoms with Crippen LogP contribution in [0.15, 0.2) is 29.2 Å². The number of amides is 1. The number of carbonyl (C=O) groups is 2. The summed E-state index contributed by atoms with van der Waals surface area (Å²) in [5.41, 5.74) is 7.72. The SMILES string of the molecule is Cc1ccc(S(=O)(=O)N2CCC[C@H]2c2nn(CC(N)=O)c3c2C(=O)CC(C)(C)C3)cc1. The van der Waals surface area contributed by atoms with Gasteiger partial charge in [0.1, 0.15) is 6.54 Å². The molecule has 2 N–H and O–H groups in total. The van der Waals surface area contributed by atoms with Crippen LogP contribution in [0.3, 0.4) is 0 Å². The zero-order valence-electron chi connectivity index (χ0n) is 18.1. The quantitative estimate of drug-likeness (QED) is 0.760. The molecule has 0 bridgehead atoms. The highest BCUT2D eigenvalue weighted by Gasteiger charge is 2.43. The molecule has 8 nitrogen and oxygen atoms in total. The molecule has 0 spiro atoms. The number of fused-ring (bicyclic) bond motifs is 1. The molecule has 2 aromatic rings. The summed E-state index contributed by atoms with van der Waals surface area (Å²) in [6, 6.07) is 6.21. The highest BCUT2D eigenvalue weighted by Crippen LogP contribution is 2.42. The summed E-state index contributed by atoms with van der Waals surface area (Å²) in [6.45, 7) is 6.12. The van der Waals surface area contributed by atoms with Crippen molar-refractivity contribution in [2.24, 2.45) is 11.1 Å². The van der Waals surface area contributed by atoms with Gasteiger partial charge in [-0.1, -0.05) is 31.5 Å². The lowest BCUT2D eigenvalue weighted by Crippen LogP contribution is -2.33. The number of aryl methyl sites for hydroxylation is 1. The first-order valence-corrected chi connectivity index (χ1v) is 11.9. The van der Waals surface area contributed by atoms with Crippen molar-refractivity contribution in [2.45, 2.75) is 63.9 Å². The van der Waals surface area contributed by atoms with Crippen molar-refractivity contribution in [2.75, 3.05) is 6.54 Å². The van der Waals surface area contributed by atoms with E-state index in [-0.39, 0.29) is 22.6 Å². The van der Waals surface area contributed by atoms with Gasteiger partial charge in [0.25, 0.3) is 0 Å². The molecule has 0 radical (unpaired) electrons. The Hall–Kier alpha value is -2.52. The molecule has 1 amide bonds. The molecule has 1 saturated heterocycles. The molecule has 9 heteroatoms. The van der Waals surface area contributed by atoms with Crippen LogP contribution < -0.4 is 5.73 Å². The molecule has 0 saturated carbocycles. The molecule has 2 aliphatic rings. The molecule has 1 atom stereocenters. The number of aromatic nitrogens is 2. The summed E-state index contributed by atoms with van der Waals surface area (Å²) < 4.78 is 29.7. The number of ketones is 1. The largest absolute Gasteiger partial charge is 0.368 e. The zero-order valence-corrected chi connectivity index (χ0v) is 18.9. The van der Waals surface area contributed by atoms with Crippen LogP contribution in [-0.4, -0.2) is 40.7 Å². The topological polar surface area (TPSA) is 115 Å². The predicted octanol–water partition coefficient (Wildman–Crippen LogP) is 2.36. The van der Waals surface area contributed by atoms with E-state index in [9.17, 15) is 18.0 Å². The number of primary amides is 1.